The Kier molecular flexibility index (Phi) is 10.7. The van der Waals surface area contributed by atoms with Gasteiger partial charge in [0, 0.05) is 53.9 Å². The van der Waals surface area contributed by atoms with Gasteiger partial charge >= 0.3 is 12.1 Å². The predicted molar refractivity (Wildman–Crippen MR) is 168 cm³/mol. The van der Waals surface area contributed by atoms with Gasteiger partial charge < -0.3 is 20.2 Å². The van der Waals surface area contributed by atoms with Crippen molar-refractivity contribution in [2.45, 2.75) is 113 Å². The molecule has 0 aliphatic carbocycles. The number of ketones is 2. The molecular weight excluding hydrogens is 530 g/mol. The van der Waals surface area contributed by atoms with E-state index in [1.54, 1.807) is 27.7 Å². The van der Waals surface area contributed by atoms with Crippen LogP contribution in [0.4, 0.5) is 9.59 Å². The highest BCUT2D eigenvalue weighted by molar-refractivity contribution is 5.91. The lowest BCUT2D eigenvalue weighted by Gasteiger charge is -2.56. The van der Waals surface area contributed by atoms with Crippen molar-refractivity contribution in [3.05, 3.63) is 35.9 Å². The number of benzene rings is 1. The molecule has 8 heteroatoms. The number of amides is 3. The van der Waals surface area contributed by atoms with Crippen molar-refractivity contribution < 1.29 is 24.3 Å². The lowest BCUT2D eigenvalue weighted by molar-refractivity contribution is -0.150. The Morgan fingerprint density at radius 1 is 0.881 bits per heavy atom. The number of urea groups is 1. The van der Waals surface area contributed by atoms with Gasteiger partial charge in [0.15, 0.2) is 0 Å². The molecule has 2 saturated heterocycles. The highest BCUT2D eigenvalue weighted by Crippen LogP contribution is 2.47. The fraction of sp³-hybridized carbons (Fsp3) is 0.706. The molecule has 236 valence electrons. The molecule has 2 heterocycles. The van der Waals surface area contributed by atoms with Gasteiger partial charge in [0.2, 0.25) is 0 Å². The molecule has 0 spiro atoms. The quantitative estimate of drug-likeness (QED) is 0.369. The van der Waals surface area contributed by atoms with Gasteiger partial charge in [0.1, 0.15) is 11.6 Å². The van der Waals surface area contributed by atoms with Crippen LogP contribution in [0.5, 0.6) is 0 Å². The van der Waals surface area contributed by atoms with Gasteiger partial charge in [0.05, 0.1) is 0 Å². The predicted octanol–water partition coefficient (Wildman–Crippen LogP) is 6.81. The number of Topliss-reactive ketones (excluding diaryl/α,β-unsaturated/α-hetero) is 2. The van der Waals surface area contributed by atoms with Crippen LogP contribution in [0.25, 0.3) is 0 Å². The van der Waals surface area contributed by atoms with Crippen LogP contribution >= 0.6 is 0 Å². The molecule has 3 rings (SSSR count). The zero-order valence-corrected chi connectivity index (χ0v) is 27.9. The minimum absolute atomic E-state index is 0.0560. The zero-order valence-electron chi connectivity index (χ0n) is 27.9. The summed E-state index contributed by atoms with van der Waals surface area (Å²) in [6, 6.07) is 10.4. The SMILES string of the molecule is CC1(C)CN(C(=O)NCCCCc2ccccc2)C(C)(C)C(C(C)(C)C)C1=O.CC1(C)CN(C(=O)O)C(C)(C)CC1=O. The number of rotatable bonds is 5. The van der Waals surface area contributed by atoms with Crippen molar-refractivity contribution in [2.24, 2.45) is 22.2 Å². The van der Waals surface area contributed by atoms with E-state index < -0.39 is 28.0 Å². The third-order valence-corrected chi connectivity index (χ3v) is 8.87. The minimum atomic E-state index is -0.949. The molecule has 1 aromatic carbocycles. The lowest BCUT2D eigenvalue weighted by atomic mass is 9.59. The summed E-state index contributed by atoms with van der Waals surface area (Å²) in [6.07, 6.45) is 2.37. The molecule has 42 heavy (non-hydrogen) atoms. The Labute approximate surface area is 253 Å². The summed E-state index contributed by atoms with van der Waals surface area (Å²) >= 11 is 0. The Bertz CT molecular complexity index is 1130. The summed E-state index contributed by atoms with van der Waals surface area (Å²) in [5.41, 5.74) is -1.03. The smallest absolute Gasteiger partial charge is 0.407 e. The number of likely N-dealkylation sites (tertiary alicyclic amines) is 2. The van der Waals surface area contributed by atoms with Crippen molar-refractivity contribution >= 4 is 23.7 Å². The number of carboxylic acid groups (broad SMARTS) is 1. The Hall–Kier alpha value is -2.90. The first kappa shape index (κ1) is 35.3. The zero-order chi connectivity index (χ0) is 32.3. The summed E-state index contributed by atoms with van der Waals surface area (Å²) in [5.74, 6) is 0.199. The van der Waals surface area contributed by atoms with Crippen molar-refractivity contribution in [3.63, 3.8) is 0 Å². The van der Waals surface area contributed by atoms with E-state index >= 15 is 0 Å². The average molecular weight is 586 g/mol. The molecular formula is C34H55N3O5. The van der Waals surface area contributed by atoms with Crippen molar-refractivity contribution in [1.82, 2.24) is 15.1 Å². The first-order valence-corrected chi connectivity index (χ1v) is 15.2. The van der Waals surface area contributed by atoms with Crippen LogP contribution in [0.15, 0.2) is 30.3 Å². The molecule has 1 atom stereocenters. The highest BCUT2D eigenvalue weighted by Gasteiger charge is 2.56. The molecule has 3 amide bonds. The lowest BCUT2D eigenvalue weighted by Crippen LogP contribution is -2.68. The van der Waals surface area contributed by atoms with Crippen LogP contribution in [0.1, 0.15) is 101 Å². The maximum absolute atomic E-state index is 13.2. The van der Waals surface area contributed by atoms with E-state index in [1.165, 1.54) is 10.5 Å². The number of piperidine rings is 2. The van der Waals surface area contributed by atoms with Crippen LogP contribution in [0, 0.1) is 22.2 Å². The van der Waals surface area contributed by atoms with E-state index in [-0.39, 0.29) is 35.5 Å². The molecule has 1 aromatic rings. The van der Waals surface area contributed by atoms with Gasteiger partial charge in [-0.25, -0.2) is 9.59 Å². The fourth-order valence-corrected chi connectivity index (χ4v) is 6.47. The third-order valence-electron chi connectivity index (χ3n) is 8.87. The summed E-state index contributed by atoms with van der Waals surface area (Å²) in [4.78, 5) is 52.1. The number of carbonyl (C=O) groups excluding carboxylic acids is 3. The third kappa shape index (κ3) is 8.35. The topological polar surface area (TPSA) is 107 Å². The summed E-state index contributed by atoms with van der Waals surface area (Å²) in [7, 11) is 0. The average Bonchev–Trinajstić information content (AvgIpc) is 2.83. The Morgan fingerprint density at radius 3 is 1.95 bits per heavy atom. The van der Waals surface area contributed by atoms with Crippen LogP contribution in [0.3, 0.4) is 0 Å². The van der Waals surface area contributed by atoms with Gasteiger partial charge in [-0.05, 0) is 57.9 Å². The number of carbonyl (C=O) groups is 4. The normalized spacial score (nSPS) is 22.6. The summed E-state index contributed by atoms with van der Waals surface area (Å²) in [6.45, 7) is 22.8. The summed E-state index contributed by atoms with van der Waals surface area (Å²) < 4.78 is 0. The standard InChI is InChI=1S/C24H38N2O2.C10H17NO3/c1-22(2,3)19-20(27)23(4,5)17-26(24(19,6)7)21(28)25-16-12-11-15-18-13-9-8-10-14-18;1-9(2)6-11(8(13)14)10(3,4)5-7(9)12/h8-10,13-14,19H,11-12,15-17H2,1-7H3,(H,25,28);5-6H2,1-4H3,(H,13,14). The molecule has 2 N–H and O–H groups in total. The van der Waals surface area contributed by atoms with Crippen LogP contribution in [-0.2, 0) is 16.0 Å². The number of aryl methyl sites for hydroxylation is 1. The molecule has 0 bridgehead atoms. The highest BCUT2D eigenvalue weighted by atomic mass is 16.4. The van der Waals surface area contributed by atoms with Crippen LogP contribution in [-0.4, -0.2) is 69.3 Å². The van der Waals surface area contributed by atoms with Crippen LogP contribution < -0.4 is 5.32 Å². The van der Waals surface area contributed by atoms with Gasteiger partial charge in [-0.1, -0.05) is 78.8 Å². The second-order valence-electron chi connectivity index (χ2n) is 15.6. The number of hydrogen-bond donors (Lipinski definition) is 2. The van der Waals surface area contributed by atoms with E-state index in [1.807, 2.05) is 38.7 Å². The molecule has 2 aliphatic rings. The molecule has 0 radical (unpaired) electrons. The fourth-order valence-electron chi connectivity index (χ4n) is 6.47. The second kappa shape index (κ2) is 12.8. The van der Waals surface area contributed by atoms with Crippen molar-refractivity contribution in [1.29, 1.82) is 0 Å². The first-order chi connectivity index (χ1) is 19.0. The molecule has 2 aliphatic heterocycles. The monoisotopic (exact) mass is 585 g/mol. The molecule has 0 aromatic heterocycles. The van der Waals surface area contributed by atoms with E-state index in [9.17, 15) is 19.2 Å². The van der Waals surface area contributed by atoms with Crippen LogP contribution in [0.2, 0.25) is 0 Å². The van der Waals surface area contributed by atoms with E-state index in [0.29, 0.717) is 19.5 Å². The number of hydrogen-bond acceptors (Lipinski definition) is 4. The number of nitrogens with zero attached hydrogens (tertiary/aromatic N) is 2. The maximum atomic E-state index is 13.2. The molecule has 0 saturated carbocycles. The Balaban J connectivity index is 0.000000369. The second-order valence-corrected chi connectivity index (χ2v) is 15.6. The van der Waals surface area contributed by atoms with Gasteiger partial charge in [0.25, 0.3) is 0 Å². The maximum Gasteiger partial charge on any atom is 0.407 e. The largest absolute Gasteiger partial charge is 0.465 e. The number of nitrogens with one attached hydrogen (secondary N) is 1. The van der Waals surface area contributed by atoms with E-state index in [0.717, 1.165) is 19.3 Å². The number of unbranched alkanes of at least 4 members (excludes halogenated alkanes) is 1. The first-order valence-electron chi connectivity index (χ1n) is 15.2. The van der Waals surface area contributed by atoms with E-state index in [2.05, 4.69) is 50.4 Å². The molecule has 8 nitrogen and oxygen atoms in total. The summed E-state index contributed by atoms with van der Waals surface area (Å²) in [5, 5.41) is 12.1. The van der Waals surface area contributed by atoms with Crippen molar-refractivity contribution in [3.8, 4) is 0 Å². The molecule has 2 fully saturated rings. The minimum Gasteiger partial charge on any atom is -0.465 e. The van der Waals surface area contributed by atoms with Crippen molar-refractivity contribution in [2.75, 3.05) is 19.6 Å². The van der Waals surface area contributed by atoms with E-state index in [4.69, 9.17) is 5.11 Å². The van der Waals surface area contributed by atoms with Gasteiger partial charge in [-0.15, -0.1) is 0 Å². The Morgan fingerprint density at radius 2 is 1.43 bits per heavy atom. The van der Waals surface area contributed by atoms with Gasteiger partial charge in [-0.3, -0.25) is 9.59 Å². The van der Waals surface area contributed by atoms with Gasteiger partial charge in [-0.2, -0.15) is 0 Å². The molecule has 1 unspecified atom stereocenters.